The summed E-state index contributed by atoms with van der Waals surface area (Å²) in [4.78, 5) is 13.6. The molecule has 2 aromatic heterocycles. The van der Waals surface area contributed by atoms with Crippen LogP contribution in [0.1, 0.15) is 49.7 Å². The smallest absolute Gasteiger partial charge is 0.228 e. The third kappa shape index (κ3) is 6.09. The maximum atomic E-state index is 13.9. The van der Waals surface area contributed by atoms with Gasteiger partial charge in [0.2, 0.25) is 11.8 Å². The lowest BCUT2D eigenvalue weighted by Crippen LogP contribution is -2.28. The summed E-state index contributed by atoms with van der Waals surface area (Å²) in [7, 11) is -3.21. The van der Waals surface area contributed by atoms with Gasteiger partial charge in [0.25, 0.3) is 0 Å². The molecule has 0 spiro atoms. The molecule has 2 saturated carbocycles. The molecular weight excluding hydrogens is 527 g/mol. The van der Waals surface area contributed by atoms with Crippen molar-refractivity contribution in [2.24, 2.45) is 5.92 Å². The van der Waals surface area contributed by atoms with Crippen LogP contribution in [0.15, 0.2) is 60.9 Å². The highest BCUT2D eigenvalue weighted by atomic mass is 32.2. The quantitative estimate of drug-likeness (QED) is 0.240. The Morgan fingerprint density at radius 3 is 2.62 bits per heavy atom. The molecule has 0 aliphatic heterocycles. The van der Waals surface area contributed by atoms with Crippen molar-refractivity contribution in [3.8, 4) is 22.9 Å². The van der Waals surface area contributed by atoms with Gasteiger partial charge in [-0.2, -0.15) is 0 Å². The van der Waals surface area contributed by atoms with Gasteiger partial charge in [0.05, 0.1) is 22.8 Å². The van der Waals surface area contributed by atoms with Gasteiger partial charge in [-0.1, -0.05) is 30.3 Å². The largest absolute Gasteiger partial charge is 0.437 e. The number of halogens is 1. The Morgan fingerprint density at radius 1 is 1.00 bits per heavy atom. The zero-order valence-corrected chi connectivity index (χ0v) is 23.3. The summed E-state index contributed by atoms with van der Waals surface area (Å²) >= 11 is 0. The summed E-state index contributed by atoms with van der Waals surface area (Å²) in [5, 5.41) is 4.98. The minimum absolute atomic E-state index is 0.00392. The van der Waals surface area contributed by atoms with Gasteiger partial charge in [-0.15, -0.1) is 0 Å². The van der Waals surface area contributed by atoms with Crippen LogP contribution >= 0.6 is 0 Å². The minimum atomic E-state index is -3.21. The number of ether oxygens (including phenoxy) is 1. The first-order chi connectivity index (χ1) is 19.3. The topological polar surface area (TPSA) is 94.1 Å². The first-order valence-corrected chi connectivity index (χ1v) is 15.8. The summed E-state index contributed by atoms with van der Waals surface area (Å²) < 4.78 is 46.1. The maximum Gasteiger partial charge on any atom is 0.228 e. The van der Waals surface area contributed by atoms with Crippen LogP contribution in [0.2, 0.25) is 0 Å². The van der Waals surface area contributed by atoms with E-state index < -0.39 is 16.0 Å². The summed E-state index contributed by atoms with van der Waals surface area (Å²) in [6, 6.07) is 15.2. The van der Waals surface area contributed by atoms with Crippen LogP contribution < -0.4 is 10.1 Å². The van der Waals surface area contributed by atoms with E-state index in [-0.39, 0.29) is 17.5 Å². The van der Waals surface area contributed by atoms with E-state index in [1.807, 2.05) is 49.4 Å². The standard InChI is InChI=1S/C31H33FN4O3S/c1-20-16-22(19-40(37,38)18-21-11-12-21)25-8-2-3-9-26(25)29(20)39-30-27(10-5-14-33-30)28-13-15-34-31(36-28)35-24-7-4-6-23(32)17-24/h2-3,5,8-10,13-16,21,23-24H,4,6-7,11-12,17-19H2,1H3,(H,34,35,36)/t23-,24-/m1/s1. The van der Waals surface area contributed by atoms with Gasteiger partial charge >= 0.3 is 0 Å². The molecule has 2 atom stereocenters. The Kier molecular flexibility index (Phi) is 7.40. The lowest BCUT2D eigenvalue weighted by Gasteiger charge is -2.25. The van der Waals surface area contributed by atoms with Crippen LogP contribution in [-0.4, -0.2) is 41.3 Å². The van der Waals surface area contributed by atoms with Gasteiger partial charge in [0.1, 0.15) is 11.9 Å². The summed E-state index contributed by atoms with van der Waals surface area (Å²) in [6.07, 6.45) is 7.35. The first-order valence-electron chi connectivity index (χ1n) is 13.9. The van der Waals surface area contributed by atoms with Gasteiger partial charge in [0, 0.05) is 23.8 Å². The first kappa shape index (κ1) is 26.6. The van der Waals surface area contributed by atoms with Crippen molar-refractivity contribution in [1.82, 2.24) is 15.0 Å². The van der Waals surface area contributed by atoms with E-state index in [0.29, 0.717) is 47.6 Å². The molecule has 6 rings (SSSR count). The number of fused-ring (bicyclic) bond motifs is 1. The second-order valence-corrected chi connectivity index (χ2v) is 13.2. The molecule has 0 saturated heterocycles. The van der Waals surface area contributed by atoms with E-state index in [4.69, 9.17) is 9.72 Å². The van der Waals surface area contributed by atoms with Gasteiger partial charge < -0.3 is 10.1 Å². The highest BCUT2D eigenvalue weighted by Crippen LogP contribution is 2.39. The molecule has 208 valence electrons. The number of rotatable bonds is 9. The number of hydrogen-bond donors (Lipinski definition) is 1. The molecule has 9 heteroatoms. The minimum Gasteiger partial charge on any atom is -0.437 e. The zero-order chi connectivity index (χ0) is 27.7. The number of pyridine rings is 1. The Bertz CT molecular complexity index is 1640. The van der Waals surface area contributed by atoms with Crippen molar-refractivity contribution in [2.45, 2.75) is 63.4 Å². The van der Waals surface area contributed by atoms with Crippen molar-refractivity contribution in [1.29, 1.82) is 0 Å². The number of sulfone groups is 1. The lowest BCUT2D eigenvalue weighted by atomic mass is 9.94. The van der Waals surface area contributed by atoms with E-state index in [1.54, 1.807) is 18.5 Å². The molecule has 2 aromatic carbocycles. The SMILES string of the molecule is Cc1cc(CS(=O)(=O)CC2CC2)c2ccccc2c1Oc1ncccc1-c1ccnc(N[C@@H]2CCC[C@@H](F)C2)n1. The third-order valence-corrected chi connectivity index (χ3v) is 9.40. The molecule has 7 nitrogen and oxygen atoms in total. The van der Waals surface area contributed by atoms with E-state index in [0.717, 1.165) is 47.6 Å². The number of nitrogens with zero attached hydrogens (tertiary/aromatic N) is 3. The number of nitrogens with one attached hydrogen (secondary N) is 1. The molecule has 40 heavy (non-hydrogen) atoms. The fourth-order valence-corrected chi connectivity index (χ4v) is 7.44. The van der Waals surface area contributed by atoms with Gasteiger partial charge in [0.15, 0.2) is 9.84 Å². The fourth-order valence-electron chi connectivity index (χ4n) is 5.56. The number of alkyl halides is 1. The molecule has 0 radical (unpaired) electrons. The van der Waals surface area contributed by atoms with Crippen molar-refractivity contribution in [3.05, 3.63) is 72.1 Å². The van der Waals surface area contributed by atoms with Crippen molar-refractivity contribution in [3.63, 3.8) is 0 Å². The van der Waals surface area contributed by atoms with Crippen molar-refractivity contribution in [2.75, 3.05) is 11.1 Å². The third-order valence-electron chi connectivity index (χ3n) is 7.67. The highest BCUT2D eigenvalue weighted by molar-refractivity contribution is 7.90. The summed E-state index contributed by atoms with van der Waals surface area (Å²) in [5.41, 5.74) is 2.94. The Labute approximate surface area is 234 Å². The normalized spacial score (nSPS) is 19.4. The van der Waals surface area contributed by atoms with Crippen LogP contribution in [0.25, 0.3) is 22.0 Å². The second-order valence-electron chi connectivity index (χ2n) is 11.1. The summed E-state index contributed by atoms with van der Waals surface area (Å²) in [6.45, 7) is 1.93. The average molecular weight is 561 g/mol. The number of anilines is 1. The van der Waals surface area contributed by atoms with Crippen molar-refractivity contribution >= 4 is 26.6 Å². The Hall–Kier alpha value is -3.59. The monoisotopic (exact) mass is 560 g/mol. The molecular formula is C31H33FN4O3S. The predicted molar refractivity (Wildman–Crippen MR) is 155 cm³/mol. The molecule has 0 unspecified atom stereocenters. The van der Waals surface area contributed by atoms with E-state index in [9.17, 15) is 12.8 Å². The molecule has 2 fully saturated rings. The lowest BCUT2D eigenvalue weighted by molar-refractivity contribution is 0.239. The second kappa shape index (κ2) is 11.1. The van der Waals surface area contributed by atoms with Crippen LogP contribution in [0.5, 0.6) is 11.6 Å². The molecule has 4 aromatic rings. The molecule has 1 N–H and O–H groups in total. The number of hydrogen-bond acceptors (Lipinski definition) is 7. The molecule has 0 amide bonds. The summed E-state index contributed by atoms with van der Waals surface area (Å²) in [5.74, 6) is 2.04. The molecule has 2 aliphatic carbocycles. The Morgan fingerprint density at radius 2 is 1.82 bits per heavy atom. The fraction of sp³-hybridized carbons (Fsp3) is 0.387. The van der Waals surface area contributed by atoms with Crippen LogP contribution in [-0.2, 0) is 15.6 Å². The van der Waals surface area contributed by atoms with E-state index in [2.05, 4.69) is 15.3 Å². The van der Waals surface area contributed by atoms with Gasteiger partial charge in [-0.05, 0) is 86.1 Å². The highest BCUT2D eigenvalue weighted by Gasteiger charge is 2.29. The van der Waals surface area contributed by atoms with E-state index in [1.165, 1.54) is 0 Å². The van der Waals surface area contributed by atoms with E-state index >= 15 is 0 Å². The zero-order valence-electron chi connectivity index (χ0n) is 22.5. The van der Waals surface area contributed by atoms with Crippen LogP contribution in [0, 0.1) is 12.8 Å². The van der Waals surface area contributed by atoms with Crippen LogP contribution in [0.4, 0.5) is 10.3 Å². The molecule has 2 aliphatic rings. The molecule has 0 bridgehead atoms. The average Bonchev–Trinajstić information content (AvgIpc) is 3.74. The number of aryl methyl sites for hydroxylation is 1. The Balaban J connectivity index is 1.31. The number of benzene rings is 2. The predicted octanol–water partition coefficient (Wildman–Crippen LogP) is 6.81. The van der Waals surface area contributed by atoms with Crippen LogP contribution in [0.3, 0.4) is 0 Å². The van der Waals surface area contributed by atoms with Gasteiger partial charge in [-0.25, -0.2) is 27.8 Å². The van der Waals surface area contributed by atoms with Crippen molar-refractivity contribution < 1.29 is 17.5 Å². The maximum absolute atomic E-state index is 13.9. The number of aromatic nitrogens is 3. The van der Waals surface area contributed by atoms with Gasteiger partial charge in [-0.3, -0.25) is 0 Å². The molecule has 2 heterocycles.